The molecule has 0 bridgehead atoms. The number of nitrogens with zero attached hydrogens (tertiary/aromatic N) is 1. The lowest BCUT2D eigenvalue weighted by atomic mass is 9.75. The average Bonchev–Trinajstić information content (AvgIpc) is 2.66. The van der Waals surface area contributed by atoms with E-state index in [1.165, 1.54) is 0 Å². The van der Waals surface area contributed by atoms with Crippen molar-refractivity contribution in [3.05, 3.63) is 48.7 Å². The second-order valence-electron chi connectivity index (χ2n) is 6.52. The van der Waals surface area contributed by atoms with E-state index in [4.69, 9.17) is 9.31 Å². The van der Waals surface area contributed by atoms with Gasteiger partial charge in [0.05, 0.1) is 16.7 Å². The first kappa shape index (κ1) is 14.3. The lowest BCUT2D eigenvalue weighted by Crippen LogP contribution is -2.41. The largest absolute Gasteiger partial charge is 0.494 e. The molecule has 1 aliphatic rings. The Bertz CT molecular complexity index is 693. The van der Waals surface area contributed by atoms with Gasteiger partial charge in [-0.25, -0.2) is 0 Å². The molecule has 2 aromatic rings. The molecule has 0 saturated carbocycles. The molecule has 0 radical (unpaired) electrons. The highest BCUT2D eigenvalue weighted by molar-refractivity contribution is 6.68. The van der Waals surface area contributed by atoms with Gasteiger partial charge in [0.15, 0.2) is 0 Å². The Labute approximate surface area is 126 Å². The van der Waals surface area contributed by atoms with Gasteiger partial charge in [-0.3, -0.25) is 4.98 Å². The first-order valence-corrected chi connectivity index (χ1v) is 7.20. The summed E-state index contributed by atoms with van der Waals surface area (Å²) in [7, 11) is -0.413. The van der Waals surface area contributed by atoms with Crippen molar-refractivity contribution in [1.29, 1.82) is 0 Å². The van der Waals surface area contributed by atoms with E-state index >= 15 is 0 Å². The maximum atomic E-state index is 6.05. The molecule has 1 saturated heterocycles. The fourth-order valence-electron chi connectivity index (χ4n) is 2.40. The normalized spacial score (nSPS) is 19.9. The fraction of sp³-hybridized carbons (Fsp3) is 0.353. The van der Waals surface area contributed by atoms with E-state index in [-0.39, 0.29) is 11.2 Å². The maximum Gasteiger partial charge on any atom is 0.494 e. The highest BCUT2D eigenvalue weighted by atomic mass is 16.7. The first-order valence-electron chi connectivity index (χ1n) is 7.20. The van der Waals surface area contributed by atoms with Crippen LogP contribution in [0.25, 0.3) is 16.4 Å². The van der Waals surface area contributed by atoms with Gasteiger partial charge >= 0.3 is 7.12 Å². The summed E-state index contributed by atoms with van der Waals surface area (Å²) in [4.78, 5) is 4.33. The van der Waals surface area contributed by atoms with Crippen molar-refractivity contribution in [2.24, 2.45) is 0 Å². The summed E-state index contributed by atoms with van der Waals surface area (Å²) < 4.78 is 12.1. The van der Waals surface area contributed by atoms with E-state index in [9.17, 15) is 0 Å². The molecule has 1 aromatic carbocycles. The van der Waals surface area contributed by atoms with Crippen LogP contribution in [0.4, 0.5) is 0 Å². The molecule has 0 spiro atoms. The molecular weight excluding hydrogens is 261 g/mol. The molecule has 0 aliphatic carbocycles. The van der Waals surface area contributed by atoms with Gasteiger partial charge in [-0.2, -0.15) is 0 Å². The highest BCUT2D eigenvalue weighted by Gasteiger charge is 2.52. The lowest BCUT2D eigenvalue weighted by molar-refractivity contribution is 0.00578. The van der Waals surface area contributed by atoms with Crippen LogP contribution in [0.1, 0.15) is 33.3 Å². The van der Waals surface area contributed by atoms with E-state index in [2.05, 4.69) is 17.6 Å². The van der Waals surface area contributed by atoms with Crippen molar-refractivity contribution in [2.45, 2.75) is 38.9 Å². The number of rotatable bonds is 2. The summed E-state index contributed by atoms with van der Waals surface area (Å²) in [6.45, 7) is 12.4. The monoisotopic (exact) mass is 281 g/mol. The van der Waals surface area contributed by atoms with Crippen LogP contribution in [-0.4, -0.2) is 23.3 Å². The number of hydrogen-bond donors (Lipinski definition) is 0. The number of hydrogen-bond acceptors (Lipinski definition) is 3. The summed E-state index contributed by atoms with van der Waals surface area (Å²) in [5, 5.41) is 1.09. The van der Waals surface area contributed by atoms with E-state index in [1.807, 2.05) is 52.0 Å². The van der Waals surface area contributed by atoms with Crippen LogP contribution < -0.4 is 0 Å². The van der Waals surface area contributed by atoms with Crippen molar-refractivity contribution >= 4 is 23.5 Å². The van der Waals surface area contributed by atoms with Gasteiger partial charge in [-0.15, -0.1) is 0 Å². The molecule has 1 aromatic heterocycles. The van der Waals surface area contributed by atoms with Crippen molar-refractivity contribution in [1.82, 2.24) is 4.98 Å². The quantitative estimate of drug-likeness (QED) is 0.783. The van der Waals surface area contributed by atoms with Crippen molar-refractivity contribution in [2.75, 3.05) is 0 Å². The third-order valence-corrected chi connectivity index (χ3v) is 4.51. The predicted octanol–water partition coefficient (Wildman–Crippen LogP) is 3.88. The molecular formula is C17H20BNO2. The van der Waals surface area contributed by atoms with E-state index in [1.54, 1.807) is 6.20 Å². The second-order valence-corrected chi connectivity index (χ2v) is 6.52. The van der Waals surface area contributed by atoms with Crippen molar-refractivity contribution < 1.29 is 9.31 Å². The summed E-state index contributed by atoms with van der Waals surface area (Å²) in [6.07, 6.45) is 1.80. The van der Waals surface area contributed by atoms with Crippen LogP contribution >= 0.6 is 0 Å². The Kier molecular flexibility index (Phi) is 3.19. The molecule has 0 N–H and O–H groups in total. The van der Waals surface area contributed by atoms with Gasteiger partial charge in [-0.05, 0) is 56.9 Å². The van der Waals surface area contributed by atoms with Crippen LogP contribution in [0, 0.1) is 0 Å². The Morgan fingerprint density at radius 3 is 2.43 bits per heavy atom. The van der Waals surface area contributed by atoms with Gasteiger partial charge in [0, 0.05) is 11.6 Å². The Morgan fingerprint density at radius 1 is 1.10 bits per heavy atom. The minimum absolute atomic E-state index is 0.348. The van der Waals surface area contributed by atoms with E-state index in [0.717, 1.165) is 21.9 Å². The number of pyridine rings is 1. The van der Waals surface area contributed by atoms with Crippen molar-refractivity contribution in [3.63, 3.8) is 0 Å². The first-order chi connectivity index (χ1) is 9.80. The summed E-state index contributed by atoms with van der Waals surface area (Å²) in [6, 6.07) is 10.1. The standard InChI is InChI=1S/C17H20BNO2/c1-12(18-20-16(2,3)17(4,5)21-18)13-8-9-15-14(11-13)7-6-10-19-15/h6-11H,1H2,2-5H3. The minimum atomic E-state index is -0.413. The highest BCUT2D eigenvalue weighted by Crippen LogP contribution is 2.40. The van der Waals surface area contributed by atoms with Gasteiger partial charge in [0.25, 0.3) is 0 Å². The van der Waals surface area contributed by atoms with Gasteiger partial charge in [-0.1, -0.05) is 18.7 Å². The molecule has 21 heavy (non-hydrogen) atoms. The molecule has 2 heterocycles. The average molecular weight is 281 g/mol. The third-order valence-electron chi connectivity index (χ3n) is 4.51. The maximum absolute atomic E-state index is 6.05. The molecule has 1 aliphatic heterocycles. The fourth-order valence-corrected chi connectivity index (χ4v) is 2.40. The molecule has 1 fully saturated rings. The summed E-state index contributed by atoms with van der Waals surface area (Å²) in [5.74, 6) is 0. The molecule has 0 amide bonds. The SMILES string of the molecule is C=C(B1OC(C)(C)C(C)(C)O1)c1ccc2ncccc2c1. The second kappa shape index (κ2) is 4.68. The Morgan fingerprint density at radius 2 is 1.76 bits per heavy atom. The molecule has 0 unspecified atom stereocenters. The summed E-state index contributed by atoms with van der Waals surface area (Å²) >= 11 is 0. The van der Waals surface area contributed by atoms with Gasteiger partial charge < -0.3 is 9.31 Å². The third kappa shape index (κ3) is 2.39. The molecule has 4 heteroatoms. The van der Waals surface area contributed by atoms with Crippen LogP contribution in [0.2, 0.25) is 0 Å². The predicted molar refractivity (Wildman–Crippen MR) is 86.9 cm³/mol. The smallest absolute Gasteiger partial charge is 0.399 e. The van der Waals surface area contributed by atoms with E-state index < -0.39 is 7.12 Å². The Balaban J connectivity index is 1.91. The zero-order valence-corrected chi connectivity index (χ0v) is 13.0. The van der Waals surface area contributed by atoms with Gasteiger partial charge in [0.2, 0.25) is 0 Å². The molecule has 108 valence electrons. The zero-order valence-electron chi connectivity index (χ0n) is 13.0. The zero-order chi connectivity index (χ0) is 15.3. The minimum Gasteiger partial charge on any atom is -0.399 e. The van der Waals surface area contributed by atoms with Crippen LogP contribution in [-0.2, 0) is 9.31 Å². The number of fused-ring (bicyclic) bond motifs is 1. The Hall–Kier alpha value is -1.65. The van der Waals surface area contributed by atoms with Gasteiger partial charge in [0.1, 0.15) is 0 Å². The molecule has 0 atom stereocenters. The van der Waals surface area contributed by atoms with Crippen LogP contribution in [0.15, 0.2) is 43.1 Å². The van der Waals surface area contributed by atoms with Crippen LogP contribution in [0.3, 0.4) is 0 Å². The molecule has 3 rings (SSSR count). The number of aromatic nitrogens is 1. The van der Waals surface area contributed by atoms with Crippen molar-refractivity contribution in [3.8, 4) is 0 Å². The summed E-state index contributed by atoms with van der Waals surface area (Å²) in [5.41, 5.74) is 2.15. The molecule has 3 nitrogen and oxygen atoms in total. The lowest BCUT2D eigenvalue weighted by Gasteiger charge is -2.32. The van der Waals surface area contributed by atoms with E-state index in [0.29, 0.717) is 0 Å². The van der Waals surface area contributed by atoms with Crippen LogP contribution in [0.5, 0.6) is 0 Å². The topological polar surface area (TPSA) is 31.4 Å². The number of benzene rings is 1.